The standard InChI is InChI=1S/C12H19NO2S.ClH/c1-3-4-5-12(13)10-6-8-11(9-7-10)16(2,14)15;/h6-9,12H,3-5,13H2,1-2H3;1H. The Kier molecular flexibility index (Phi) is 6.75. The van der Waals surface area contributed by atoms with Gasteiger partial charge in [0.25, 0.3) is 0 Å². The SMILES string of the molecule is CCCCC(N)c1ccc(S(C)(=O)=O)cc1.Cl. The maximum atomic E-state index is 11.3. The van der Waals surface area contributed by atoms with E-state index < -0.39 is 9.84 Å². The largest absolute Gasteiger partial charge is 0.324 e. The summed E-state index contributed by atoms with van der Waals surface area (Å²) >= 11 is 0. The van der Waals surface area contributed by atoms with E-state index in [4.69, 9.17) is 5.73 Å². The minimum absolute atomic E-state index is 0. The highest BCUT2D eigenvalue weighted by Crippen LogP contribution is 2.18. The summed E-state index contributed by atoms with van der Waals surface area (Å²) in [6.07, 6.45) is 4.36. The Morgan fingerprint density at radius 3 is 2.18 bits per heavy atom. The summed E-state index contributed by atoms with van der Waals surface area (Å²) in [7, 11) is -3.10. The van der Waals surface area contributed by atoms with Crippen LogP contribution in [-0.4, -0.2) is 14.7 Å². The van der Waals surface area contributed by atoms with Crippen molar-refractivity contribution in [2.75, 3.05) is 6.26 Å². The van der Waals surface area contributed by atoms with Crippen LogP contribution in [0.25, 0.3) is 0 Å². The Morgan fingerprint density at radius 1 is 1.24 bits per heavy atom. The average Bonchev–Trinajstić information content (AvgIpc) is 2.25. The van der Waals surface area contributed by atoms with Gasteiger partial charge in [0, 0.05) is 12.3 Å². The number of hydrogen-bond donors (Lipinski definition) is 1. The molecule has 0 bridgehead atoms. The van der Waals surface area contributed by atoms with Crippen LogP contribution in [0.2, 0.25) is 0 Å². The molecule has 1 aromatic rings. The first-order valence-electron chi connectivity index (χ1n) is 5.50. The fourth-order valence-corrected chi connectivity index (χ4v) is 2.18. The molecule has 2 N–H and O–H groups in total. The van der Waals surface area contributed by atoms with E-state index in [-0.39, 0.29) is 18.4 Å². The molecule has 0 spiro atoms. The summed E-state index contributed by atoms with van der Waals surface area (Å²) in [5.74, 6) is 0. The monoisotopic (exact) mass is 277 g/mol. The Labute approximate surface area is 110 Å². The lowest BCUT2D eigenvalue weighted by molar-refractivity contribution is 0.598. The molecule has 5 heteroatoms. The van der Waals surface area contributed by atoms with E-state index in [1.54, 1.807) is 24.3 Å². The second kappa shape index (κ2) is 6.99. The van der Waals surface area contributed by atoms with Crippen molar-refractivity contribution in [3.05, 3.63) is 29.8 Å². The van der Waals surface area contributed by atoms with Crippen molar-refractivity contribution >= 4 is 22.2 Å². The second-order valence-corrected chi connectivity index (χ2v) is 6.11. The van der Waals surface area contributed by atoms with Crippen LogP contribution in [0, 0.1) is 0 Å². The zero-order valence-corrected chi connectivity index (χ0v) is 11.9. The number of nitrogens with two attached hydrogens (primary N) is 1. The van der Waals surface area contributed by atoms with Crippen molar-refractivity contribution in [2.45, 2.75) is 37.1 Å². The smallest absolute Gasteiger partial charge is 0.175 e. The molecule has 3 nitrogen and oxygen atoms in total. The topological polar surface area (TPSA) is 60.2 Å². The van der Waals surface area contributed by atoms with Crippen LogP contribution >= 0.6 is 12.4 Å². The minimum atomic E-state index is -3.10. The van der Waals surface area contributed by atoms with E-state index in [2.05, 4.69) is 6.92 Å². The quantitative estimate of drug-likeness (QED) is 0.900. The van der Waals surface area contributed by atoms with Gasteiger partial charge in [-0.15, -0.1) is 12.4 Å². The maximum absolute atomic E-state index is 11.3. The molecule has 0 heterocycles. The Balaban J connectivity index is 0.00000256. The van der Waals surface area contributed by atoms with E-state index >= 15 is 0 Å². The molecule has 1 atom stereocenters. The highest BCUT2D eigenvalue weighted by atomic mass is 35.5. The Morgan fingerprint density at radius 2 is 1.76 bits per heavy atom. The first-order chi connectivity index (χ1) is 7.45. The summed E-state index contributed by atoms with van der Waals surface area (Å²) in [5.41, 5.74) is 6.99. The van der Waals surface area contributed by atoms with Crippen molar-refractivity contribution in [1.82, 2.24) is 0 Å². The number of unbranched alkanes of at least 4 members (excludes halogenated alkanes) is 1. The van der Waals surface area contributed by atoms with Crippen LogP contribution in [0.4, 0.5) is 0 Å². The normalized spacial score (nSPS) is 12.9. The third-order valence-corrected chi connectivity index (χ3v) is 3.73. The summed E-state index contributed by atoms with van der Waals surface area (Å²) in [6, 6.07) is 6.86. The lowest BCUT2D eigenvalue weighted by atomic mass is 10.0. The molecule has 0 aromatic heterocycles. The predicted octanol–water partition coefficient (Wildman–Crippen LogP) is 2.70. The Bertz CT molecular complexity index is 428. The van der Waals surface area contributed by atoms with Gasteiger partial charge in [0.2, 0.25) is 0 Å². The number of halogens is 1. The van der Waals surface area contributed by atoms with E-state index in [0.29, 0.717) is 4.90 Å². The fraction of sp³-hybridized carbons (Fsp3) is 0.500. The molecular weight excluding hydrogens is 258 g/mol. The molecule has 17 heavy (non-hydrogen) atoms. The Hall–Kier alpha value is -0.580. The number of sulfone groups is 1. The van der Waals surface area contributed by atoms with Crippen molar-refractivity contribution in [3.63, 3.8) is 0 Å². The van der Waals surface area contributed by atoms with Gasteiger partial charge in [0.05, 0.1) is 4.90 Å². The summed E-state index contributed by atoms with van der Waals surface area (Å²) in [5, 5.41) is 0. The summed E-state index contributed by atoms with van der Waals surface area (Å²) < 4.78 is 22.5. The highest BCUT2D eigenvalue weighted by Gasteiger charge is 2.09. The lowest BCUT2D eigenvalue weighted by Gasteiger charge is -2.11. The minimum Gasteiger partial charge on any atom is -0.324 e. The number of hydrogen-bond acceptors (Lipinski definition) is 3. The van der Waals surface area contributed by atoms with E-state index in [0.717, 1.165) is 24.8 Å². The zero-order chi connectivity index (χ0) is 12.2. The molecule has 0 saturated carbocycles. The molecule has 0 fully saturated rings. The first kappa shape index (κ1) is 16.4. The second-order valence-electron chi connectivity index (χ2n) is 4.09. The molecule has 0 aliphatic heterocycles. The molecule has 0 aliphatic rings. The van der Waals surface area contributed by atoms with Gasteiger partial charge in [-0.25, -0.2) is 8.42 Å². The summed E-state index contributed by atoms with van der Waals surface area (Å²) in [6.45, 7) is 2.12. The first-order valence-corrected chi connectivity index (χ1v) is 7.40. The van der Waals surface area contributed by atoms with Crippen LogP contribution in [0.1, 0.15) is 37.8 Å². The average molecular weight is 278 g/mol. The zero-order valence-electron chi connectivity index (χ0n) is 10.2. The van der Waals surface area contributed by atoms with E-state index in [1.165, 1.54) is 6.26 Å². The van der Waals surface area contributed by atoms with Crippen molar-refractivity contribution < 1.29 is 8.42 Å². The molecule has 0 amide bonds. The molecule has 0 saturated heterocycles. The molecule has 1 rings (SSSR count). The molecule has 0 radical (unpaired) electrons. The lowest BCUT2D eigenvalue weighted by Crippen LogP contribution is -2.10. The molecular formula is C12H20ClNO2S. The third kappa shape index (κ3) is 5.06. The highest BCUT2D eigenvalue weighted by molar-refractivity contribution is 7.90. The van der Waals surface area contributed by atoms with Gasteiger partial charge in [0.1, 0.15) is 0 Å². The van der Waals surface area contributed by atoms with Gasteiger partial charge in [-0.05, 0) is 24.1 Å². The van der Waals surface area contributed by atoms with Crippen LogP contribution in [0.5, 0.6) is 0 Å². The van der Waals surface area contributed by atoms with Gasteiger partial charge in [-0.2, -0.15) is 0 Å². The summed E-state index contributed by atoms with van der Waals surface area (Å²) in [4.78, 5) is 0.346. The van der Waals surface area contributed by atoms with Gasteiger partial charge < -0.3 is 5.73 Å². The molecule has 1 unspecified atom stereocenters. The van der Waals surface area contributed by atoms with E-state index in [9.17, 15) is 8.42 Å². The van der Waals surface area contributed by atoms with E-state index in [1.807, 2.05) is 0 Å². The molecule has 1 aromatic carbocycles. The fourth-order valence-electron chi connectivity index (χ4n) is 1.55. The van der Waals surface area contributed by atoms with Crippen LogP contribution in [-0.2, 0) is 9.84 Å². The van der Waals surface area contributed by atoms with Crippen molar-refractivity contribution in [2.24, 2.45) is 5.73 Å². The maximum Gasteiger partial charge on any atom is 0.175 e. The van der Waals surface area contributed by atoms with Crippen LogP contribution in [0.15, 0.2) is 29.2 Å². The third-order valence-electron chi connectivity index (χ3n) is 2.61. The van der Waals surface area contributed by atoms with Crippen LogP contribution < -0.4 is 5.73 Å². The number of rotatable bonds is 5. The van der Waals surface area contributed by atoms with Crippen molar-refractivity contribution in [1.29, 1.82) is 0 Å². The molecule has 0 aliphatic carbocycles. The van der Waals surface area contributed by atoms with Gasteiger partial charge in [-0.3, -0.25) is 0 Å². The van der Waals surface area contributed by atoms with Crippen molar-refractivity contribution in [3.8, 4) is 0 Å². The number of benzene rings is 1. The molecule has 98 valence electrons. The van der Waals surface area contributed by atoms with Crippen LogP contribution in [0.3, 0.4) is 0 Å². The van der Waals surface area contributed by atoms with Gasteiger partial charge in [-0.1, -0.05) is 31.9 Å². The van der Waals surface area contributed by atoms with Gasteiger partial charge >= 0.3 is 0 Å². The predicted molar refractivity (Wildman–Crippen MR) is 73.3 cm³/mol. The van der Waals surface area contributed by atoms with Gasteiger partial charge in [0.15, 0.2) is 9.84 Å².